The van der Waals surface area contributed by atoms with Crippen LogP contribution >= 0.6 is 0 Å². The smallest absolute Gasteiger partial charge is 0.335 e. The fraction of sp³-hybridized carbons (Fsp3) is 0.200. The zero-order valence-electron chi connectivity index (χ0n) is 9.02. The van der Waals surface area contributed by atoms with Gasteiger partial charge in [-0.25, -0.2) is 9.59 Å². The molecule has 0 radical (unpaired) electrons. The van der Waals surface area contributed by atoms with Crippen molar-refractivity contribution in [1.82, 2.24) is 5.32 Å². The number of carboxylic acids is 1. The van der Waals surface area contributed by atoms with Crippen LogP contribution in [0.1, 0.15) is 10.4 Å². The molecule has 86 valence electrons. The summed E-state index contributed by atoms with van der Waals surface area (Å²) >= 11 is 0. The molecule has 0 fully saturated rings. The standard InChI is InChI=1S/C10H13N3O3/c1-12-10(16)13(2)8-4-3-6(9(14)15)5-7(8)11/h3-5H,11H2,1-2H3,(H,12,16)(H,14,15). The highest BCUT2D eigenvalue weighted by Gasteiger charge is 2.13. The molecule has 1 aromatic carbocycles. The number of nitrogens with two attached hydrogens (primary N) is 1. The predicted molar refractivity (Wildman–Crippen MR) is 60.7 cm³/mol. The summed E-state index contributed by atoms with van der Waals surface area (Å²) in [5.41, 5.74) is 6.46. The number of carbonyl (C=O) groups excluding carboxylic acids is 1. The highest BCUT2D eigenvalue weighted by molar-refractivity contribution is 5.96. The van der Waals surface area contributed by atoms with E-state index >= 15 is 0 Å². The van der Waals surface area contributed by atoms with Gasteiger partial charge in [-0.1, -0.05) is 0 Å². The number of nitrogens with one attached hydrogen (secondary N) is 1. The molecule has 0 spiro atoms. The number of carbonyl (C=O) groups is 2. The summed E-state index contributed by atoms with van der Waals surface area (Å²) < 4.78 is 0. The number of nitrogen functional groups attached to an aromatic ring is 1. The quantitative estimate of drug-likeness (QED) is 0.644. The lowest BCUT2D eigenvalue weighted by atomic mass is 10.1. The number of amides is 2. The van der Waals surface area contributed by atoms with E-state index in [1.54, 1.807) is 7.05 Å². The predicted octanol–water partition coefficient (Wildman–Crippen LogP) is 0.743. The van der Waals surface area contributed by atoms with Crippen LogP contribution in [0.4, 0.5) is 16.2 Å². The minimum atomic E-state index is -1.05. The van der Waals surface area contributed by atoms with E-state index in [9.17, 15) is 9.59 Å². The Labute approximate surface area is 92.7 Å². The second-order valence-electron chi connectivity index (χ2n) is 3.19. The summed E-state index contributed by atoms with van der Waals surface area (Å²) in [6.07, 6.45) is 0. The van der Waals surface area contributed by atoms with Crippen LogP contribution in [0.3, 0.4) is 0 Å². The Kier molecular flexibility index (Phi) is 3.34. The molecule has 0 saturated heterocycles. The molecule has 1 rings (SSSR count). The molecule has 0 atom stereocenters. The van der Waals surface area contributed by atoms with Crippen molar-refractivity contribution in [2.75, 3.05) is 24.7 Å². The number of hydrogen-bond acceptors (Lipinski definition) is 3. The largest absolute Gasteiger partial charge is 0.478 e. The van der Waals surface area contributed by atoms with Crippen molar-refractivity contribution in [3.8, 4) is 0 Å². The van der Waals surface area contributed by atoms with Gasteiger partial charge in [0.15, 0.2) is 0 Å². The van der Waals surface area contributed by atoms with Crippen LogP contribution in [0.15, 0.2) is 18.2 Å². The lowest BCUT2D eigenvalue weighted by molar-refractivity contribution is 0.0697. The normalized spacial score (nSPS) is 9.62. The Morgan fingerprint density at radius 1 is 1.44 bits per heavy atom. The Balaban J connectivity index is 3.08. The zero-order chi connectivity index (χ0) is 12.3. The van der Waals surface area contributed by atoms with Crippen molar-refractivity contribution in [2.45, 2.75) is 0 Å². The van der Waals surface area contributed by atoms with Crippen LogP contribution in [0, 0.1) is 0 Å². The van der Waals surface area contributed by atoms with Crippen molar-refractivity contribution in [3.05, 3.63) is 23.8 Å². The van der Waals surface area contributed by atoms with Gasteiger partial charge in [0.1, 0.15) is 0 Å². The maximum absolute atomic E-state index is 11.3. The van der Waals surface area contributed by atoms with Gasteiger partial charge in [0, 0.05) is 14.1 Å². The molecule has 0 aliphatic rings. The first-order valence-corrected chi connectivity index (χ1v) is 4.55. The molecule has 2 amide bonds. The number of benzene rings is 1. The number of carboxylic acid groups (broad SMARTS) is 1. The second-order valence-corrected chi connectivity index (χ2v) is 3.19. The maximum atomic E-state index is 11.3. The third-order valence-electron chi connectivity index (χ3n) is 2.15. The lowest BCUT2D eigenvalue weighted by Crippen LogP contribution is -2.35. The molecule has 0 bridgehead atoms. The van der Waals surface area contributed by atoms with Crippen molar-refractivity contribution in [2.24, 2.45) is 0 Å². The van der Waals surface area contributed by atoms with Gasteiger partial charge in [0.25, 0.3) is 0 Å². The van der Waals surface area contributed by atoms with E-state index in [0.29, 0.717) is 5.69 Å². The van der Waals surface area contributed by atoms with E-state index in [4.69, 9.17) is 10.8 Å². The molecule has 16 heavy (non-hydrogen) atoms. The average molecular weight is 223 g/mol. The van der Waals surface area contributed by atoms with E-state index in [-0.39, 0.29) is 17.3 Å². The molecule has 0 saturated carbocycles. The maximum Gasteiger partial charge on any atom is 0.335 e. The zero-order valence-corrected chi connectivity index (χ0v) is 9.02. The molecule has 0 unspecified atom stereocenters. The second kappa shape index (κ2) is 4.52. The molecular formula is C10H13N3O3. The molecule has 0 aromatic heterocycles. The molecule has 1 aromatic rings. The molecule has 0 heterocycles. The van der Waals surface area contributed by atoms with Gasteiger partial charge >= 0.3 is 12.0 Å². The molecule has 0 aliphatic heterocycles. The van der Waals surface area contributed by atoms with E-state index in [2.05, 4.69) is 5.32 Å². The van der Waals surface area contributed by atoms with E-state index in [0.717, 1.165) is 0 Å². The minimum absolute atomic E-state index is 0.0894. The Morgan fingerprint density at radius 3 is 2.50 bits per heavy atom. The van der Waals surface area contributed by atoms with Gasteiger partial charge in [0.05, 0.1) is 16.9 Å². The van der Waals surface area contributed by atoms with E-state index < -0.39 is 5.97 Å². The van der Waals surface area contributed by atoms with E-state index in [1.807, 2.05) is 0 Å². The summed E-state index contributed by atoms with van der Waals surface area (Å²) in [6.45, 7) is 0. The SMILES string of the molecule is CNC(=O)N(C)c1ccc(C(=O)O)cc1N. The summed E-state index contributed by atoms with van der Waals surface area (Å²) in [5, 5.41) is 11.2. The summed E-state index contributed by atoms with van der Waals surface area (Å²) in [7, 11) is 3.05. The van der Waals surface area contributed by atoms with Crippen LogP contribution in [-0.2, 0) is 0 Å². The minimum Gasteiger partial charge on any atom is -0.478 e. The van der Waals surface area contributed by atoms with E-state index in [1.165, 1.54) is 30.1 Å². The Hall–Kier alpha value is -2.24. The van der Waals surface area contributed by atoms with Gasteiger partial charge in [-0.05, 0) is 18.2 Å². The molecule has 0 aliphatic carbocycles. The molecule has 6 nitrogen and oxygen atoms in total. The number of aromatic carboxylic acids is 1. The number of nitrogens with zero attached hydrogens (tertiary/aromatic N) is 1. The van der Waals surface area contributed by atoms with Crippen LogP contribution in [0.2, 0.25) is 0 Å². The number of anilines is 2. The molecular weight excluding hydrogens is 210 g/mol. The van der Waals surface area contributed by atoms with Crippen molar-refractivity contribution in [3.63, 3.8) is 0 Å². The Bertz CT molecular complexity index is 431. The summed E-state index contributed by atoms with van der Waals surface area (Å²) in [5.74, 6) is -1.05. The third kappa shape index (κ3) is 2.22. The lowest BCUT2D eigenvalue weighted by Gasteiger charge is -2.18. The summed E-state index contributed by atoms with van der Waals surface area (Å²) in [6, 6.07) is 3.88. The first-order chi connectivity index (χ1) is 7.47. The van der Waals surface area contributed by atoms with Crippen molar-refractivity contribution < 1.29 is 14.7 Å². The van der Waals surface area contributed by atoms with Crippen LogP contribution < -0.4 is 16.0 Å². The number of hydrogen-bond donors (Lipinski definition) is 3. The highest BCUT2D eigenvalue weighted by atomic mass is 16.4. The number of rotatable bonds is 2. The van der Waals surface area contributed by atoms with Gasteiger partial charge < -0.3 is 16.2 Å². The van der Waals surface area contributed by atoms with Gasteiger partial charge in [-0.3, -0.25) is 4.90 Å². The fourth-order valence-electron chi connectivity index (χ4n) is 1.27. The first kappa shape index (κ1) is 11.8. The third-order valence-corrected chi connectivity index (χ3v) is 2.15. The average Bonchev–Trinajstić information content (AvgIpc) is 2.26. The van der Waals surface area contributed by atoms with Crippen LogP contribution in [0.25, 0.3) is 0 Å². The van der Waals surface area contributed by atoms with Crippen LogP contribution in [0.5, 0.6) is 0 Å². The Morgan fingerprint density at radius 2 is 2.06 bits per heavy atom. The summed E-state index contributed by atoms with van der Waals surface area (Å²) in [4.78, 5) is 23.3. The molecule has 4 N–H and O–H groups in total. The van der Waals surface area contributed by atoms with Gasteiger partial charge in [-0.2, -0.15) is 0 Å². The van der Waals surface area contributed by atoms with Crippen molar-refractivity contribution >= 4 is 23.4 Å². The fourth-order valence-corrected chi connectivity index (χ4v) is 1.27. The number of urea groups is 1. The topological polar surface area (TPSA) is 95.7 Å². The van der Waals surface area contributed by atoms with Gasteiger partial charge in [0.2, 0.25) is 0 Å². The highest BCUT2D eigenvalue weighted by Crippen LogP contribution is 2.23. The molecule has 6 heteroatoms. The first-order valence-electron chi connectivity index (χ1n) is 4.55. The monoisotopic (exact) mass is 223 g/mol. The van der Waals surface area contributed by atoms with Gasteiger partial charge in [-0.15, -0.1) is 0 Å². The van der Waals surface area contributed by atoms with Crippen LogP contribution in [-0.4, -0.2) is 31.2 Å². The van der Waals surface area contributed by atoms with Crippen molar-refractivity contribution in [1.29, 1.82) is 0 Å².